The Bertz CT molecular complexity index is 341. The quantitative estimate of drug-likeness (QED) is 0.516. The van der Waals surface area contributed by atoms with Crippen molar-refractivity contribution in [3.8, 4) is 0 Å². The van der Waals surface area contributed by atoms with E-state index in [1.807, 2.05) is 12.1 Å². The first-order chi connectivity index (χ1) is 6.88. The number of hydrogen-bond donors (Lipinski definition) is 0. The van der Waals surface area contributed by atoms with Crippen LogP contribution in [0.4, 0.5) is 0 Å². The largest absolute Gasteiger partial charge is 1.00 e. The summed E-state index contributed by atoms with van der Waals surface area (Å²) in [5.74, 6) is 1.33. The Kier molecular flexibility index (Phi) is 5.65. The molecular weight excluding hydrogens is 207 g/mol. The van der Waals surface area contributed by atoms with E-state index in [4.69, 9.17) is 0 Å². The molecule has 0 aliphatic carbocycles. The van der Waals surface area contributed by atoms with E-state index in [2.05, 4.69) is 55.5 Å². The maximum absolute atomic E-state index is 2.16. The fourth-order valence-corrected chi connectivity index (χ4v) is 1.54. The molecule has 2 aromatic carbocycles. The van der Waals surface area contributed by atoms with Gasteiger partial charge in [0.25, 0.3) is 0 Å². The van der Waals surface area contributed by atoms with Gasteiger partial charge in [-0.25, -0.2) is 0 Å². The van der Waals surface area contributed by atoms with E-state index in [1.165, 1.54) is 17.0 Å². The van der Waals surface area contributed by atoms with E-state index in [9.17, 15) is 0 Å². The van der Waals surface area contributed by atoms with Crippen molar-refractivity contribution in [2.24, 2.45) is 0 Å². The monoisotopic (exact) mass is 220 g/mol. The summed E-state index contributed by atoms with van der Waals surface area (Å²) in [4.78, 5) is 0. The van der Waals surface area contributed by atoms with Crippen LogP contribution in [-0.4, -0.2) is 0 Å². The molecule has 0 saturated carbocycles. The van der Waals surface area contributed by atoms with Crippen LogP contribution >= 0.6 is 0 Å². The molecule has 0 radical (unpaired) electrons. The predicted molar refractivity (Wildman–Crippen MR) is 60.0 cm³/mol. The molecule has 2 rings (SSSR count). The van der Waals surface area contributed by atoms with Gasteiger partial charge in [0, 0.05) is 0 Å². The van der Waals surface area contributed by atoms with E-state index >= 15 is 0 Å². The Labute approximate surface area is 134 Å². The minimum Gasteiger partial charge on any atom is -0.121 e. The Morgan fingerprint density at radius 2 is 1.00 bits per heavy atom. The van der Waals surface area contributed by atoms with Gasteiger partial charge in [-0.15, -0.1) is 41.3 Å². The van der Waals surface area contributed by atoms with E-state index < -0.39 is 0 Å². The molecule has 2 aromatic rings. The molecule has 0 aliphatic rings. The molecule has 0 fully saturated rings. The average molecular weight is 220 g/mol. The third-order valence-electron chi connectivity index (χ3n) is 2.41. The van der Waals surface area contributed by atoms with Crippen LogP contribution in [-0.2, 0) is 0 Å². The molecule has 0 bridgehead atoms. The molecule has 1 heteroatoms. The predicted octanol–water partition coefficient (Wildman–Crippen LogP) is 0.681. The molecule has 0 spiro atoms. The topological polar surface area (TPSA) is 0 Å². The van der Waals surface area contributed by atoms with Crippen molar-refractivity contribution in [1.29, 1.82) is 0 Å². The van der Waals surface area contributed by atoms with Crippen LogP contribution in [0.25, 0.3) is 0 Å². The molecule has 15 heavy (non-hydrogen) atoms. The summed E-state index contributed by atoms with van der Waals surface area (Å²) in [7, 11) is 0. The van der Waals surface area contributed by atoms with Crippen LogP contribution < -0.4 is 51.4 Å². The van der Waals surface area contributed by atoms with Crippen molar-refractivity contribution < 1.29 is 51.4 Å². The second kappa shape index (κ2) is 6.51. The second-order valence-electron chi connectivity index (χ2n) is 3.36. The SMILES string of the molecule is C[C-](c1ccccc1)c1ccccc1.[K+]. The normalized spacial score (nSPS) is 9.13. The summed E-state index contributed by atoms with van der Waals surface area (Å²) in [6.07, 6.45) is 0. The van der Waals surface area contributed by atoms with Crippen LogP contribution in [0, 0.1) is 5.92 Å². The van der Waals surface area contributed by atoms with Crippen LogP contribution in [0.5, 0.6) is 0 Å². The smallest absolute Gasteiger partial charge is 0.121 e. The first-order valence-electron chi connectivity index (χ1n) is 4.82. The molecule has 0 heterocycles. The second-order valence-corrected chi connectivity index (χ2v) is 3.36. The fourth-order valence-electron chi connectivity index (χ4n) is 1.54. The van der Waals surface area contributed by atoms with Gasteiger partial charge in [-0.2, -0.15) is 0 Å². The van der Waals surface area contributed by atoms with Gasteiger partial charge in [0.2, 0.25) is 0 Å². The van der Waals surface area contributed by atoms with Crippen LogP contribution in [0.2, 0.25) is 0 Å². The van der Waals surface area contributed by atoms with Crippen molar-refractivity contribution in [3.05, 3.63) is 77.7 Å². The van der Waals surface area contributed by atoms with Gasteiger partial charge >= 0.3 is 51.4 Å². The van der Waals surface area contributed by atoms with Crippen molar-refractivity contribution in [3.63, 3.8) is 0 Å². The van der Waals surface area contributed by atoms with Gasteiger partial charge in [0.15, 0.2) is 0 Å². The van der Waals surface area contributed by atoms with E-state index in [0.29, 0.717) is 0 Å². The number of benzene rings is 2. The van der Waals surface area contributed by atoms with Crippen molar-refractivity contribution >= 4 is 0 Å². The summed E-state index contributed by atoms with van der Waals surface area (Å²) >= 11 is 0. The van der Waals surface area contributed by atoms with Gasteiger partial charge < -0.3 is 0 Å². The maximum Gasteiger partial charge on any atom is 1.00 e. The van der Waals surface area contributed by atoms with Gasteiger partial charge in [-0.05, 0) is 0 Å². The van der Waals surface area contributed by atoms with E-state index in [-0.39, 0.29) is 51.4 Å². The van der Waals surface area contributed by atoms with Gasteiger partial charge in [-0.3, -0.25) is 0 Å². The summed E-state index contributed by atoms with van der Waals surface area (Å²) in [5.41, 5.74) is 2.58. The molecule has 70 valence electrons. The summed E-state index contributed by atoms with van der Waals surface area (Å²) in [6, 6.07) is 20.9. The Morgan fingerprint density at radius 3 is 1.33 bits per heavy atom. The average Bonchev–Trinajstić information content (AvgIpc) is 2.30. The Balaban J connectivity index is 0.00000112. The van der Waals surface area contributed by atoms with Gasteiger partial charge in [0.05, 0.1) is 0 Å². The first kappa shape index (κ1) is 13.0. The zero-order valence-corrected chi connectivity index (χ0v) is 12.4. The number of hydrogen-bond acceptors (Lipinski definition) is 0. The molecule has 0 nitrogen and oxygen atoms in total. The van der Waals surface area contributed by atoms with E-state index in [1.54, 1.807) is 0 Å². The molecule has 0 unspecified atom stereocenters. The third-order valence-corrected chi connectivity index (χ3v) is 2.41. The van der Waals surface area contributed by atoms with Crippen molar-refractivity contribution in [2.75, 3.05) is 0 Å². The van der Waals surface area contributed by atoms with Gasteiger partial charge in [0.1, 0.15) is 0 Å². The zero-order valence-electron chi connectivity index (χ0n) is 9.27. The summed E-state index contributed by atoms with van der Waals surface area (Å²) < 4.78 is 0. The molecule has 0 aliphatic heterocycles. The molecule has 0 saturated heterocycles. The Morgan fingerprint density at radius 1 is 0.667 bits per heavy atom. The fraction of sp³-hybridized carbons (Fsp3) is 0.0714. The summed E-state index contributed by atoms with van der Waals surface area (Å²) in [5, 5.41) is 0. The van der Waals surface area contributed by atoms with Crippen LogP contribution in [0.1, 0.15) is 18.1 Å². The van der Waals surface area contributed by atoms with Gasteiger partial charge in [-0.1, -0.05) is 43.3 Å². The Hall–Kier alpha value is -0.0536. The molecule has 0 N–H and O–H groups in total. The molecular formula is C14H13K. The first-order valence-corrected chi connectivity index (χ1v) is 4.82. The van der Waals surface area contributed by atoms with Crippen LogP contribution in [0.3, 0.4) is 0 Å². The molecule has 0 amide bonds. The van der Waals surface area contributed by atoms with E-state index in [0.717, 1.165) is 0 Å². The summed E-state index contributed by atoms with van der Waals surface area (Å²) in [6.45, 7) is 2.16. The third kappa shape index (κ3) is 3.47. The van der Waals surface area contributed by atoms with Crippen LogP contribution in [0.15, 0.2) is 60.7 Å². The maximum atomic E-state index is 2.16. The number of rotatable bonds is 2. The minimum absolute atomic E-state index is 0. The minimum atomic E-state index is 0. The molecule has 0 aromatic heterocycles. The standard InChI is InChI=1S/C14H13.K/c1-12(13-8-4-2-5-9-13)14-10-6-3-7-11-14;/h2-11H,1H3;/q-1;+1. The molecule has 0 atom stereocenters. The zero-order chi connectivity index (χ0) is 9.80. The van der Waals surface area contributed by atoms with Crippen molar-refractivity contribution in [2.45, 2.75) is 6.92 Å². The van der Waals surface area contributed by atoms with Crippen molar-refractivity contribution in [1.82, 2.24) is 0 Å².